The van der Waals surface area contributed by atoms with Crippen molar-refractivity contribution in [1.82, 2.24) is 10.3 Å². The summed E-state index contributed by atoms with van der Waals surface area (Å²) in [6.45, 7) is 0. The molecule has 0 saturated heterocycles. The van der Waals surface area contributed by atoms with E-state index in [-0.39, 0.29) is 5.82 Å². The quantitative estimate of drug-likeness (QED) is 0.493. The first kappa shape index (κ1) is 14.5. The molecule has 21 heavy (non-hydrogen) atoms. The Bertz CT molecular complexity index is 688. The molecule has 1 N–H and O–H groups in total. The maximum atomic E-state index is 13.2. The fourth-order valence-electron chi connectivity index (χ4n) is 1.79. The molecular formula is C13H11BrFN3O2S. The van der Waals surface area contributed by atoms with Gasteiger partial charge in [-0.1, -0.05) is 23.0 Å². The van der Waals surface area contributed by atoms with Crippen LogP contribution in [0.25, 0.3) is 0 Å². The van der Waals surface area contributed by atoms with Gasteiger partial charge in [0, 0.05) is 11.7 Å². The number of nitrogens with zero attached hydrogens (tertiary/aromatic N) is 3. The van der Waals surface area contributed by atoms with Crippen LogP contribution in [0, 0.1) is 5.82 Å². The normalized spacial score (nSPS) is 15.4. The Morgan fingerprint density at radius 1 is 1.48 bits per heavy atom. The summed E-state index contributed by atoms with van der Waals surface area (Å²) in [5.41, 5.74) is 1.58. The topological polar surface area (TPSA) is 71.5 Å². The number of hydrogen-bond acceptors (Lipinski definition) is 6. The highest BCUT2D eigenvalue weighted by atomic mass is 79.9. The van der Waals surface area contributed by atoms with Gasteiger partial charge >= 0.3 is 0 Å². The molecule has 1 aliphatic carbocycles. The second kappa shape index (κ2) is 6.15. The Morgan fingerprint density at radius 3 is 2.95 bits per heavy atom. The molecule has 3 rings (SSSR count). The molecule has 0 radical (unpaired) electrons. The fraction of sp³-hybridized carbons (Fsp3) is 0.308. The predicted molar refractivity (Wildman–Crippen MR) is 79.3 cm³/mol. The van der Waals surface area contributed by atoms with E-state index < -0.39 is 0 Å². The van der Waals surface area contributed by atoms with Crippen molar-refractivity contribution in [2.45, 2.75) is 29.5 Å². The van der Waals surface area contributed by atoms with Crippen LogP contribution in [-0.4, -0.2) is 26.5 Å². The highest BCUT2D eigenvalue weighted by Crippen LogP contribution is 2.39. The van der Waals surface area contributed by atoms with Gasteiger partial charge in [-0.25, -0.2) is 9.02 Å². The zero-order valence-electron chi connectivity index (χ0n) is 10.8. The second-order valence-corrected chi connectivity index (χ2v) is 6.85. The van der Waals surface area contributed by atoms with Crippen molar-refractivity contribution in [3.63, 3.8) is 0 Å². The van der Waals surface area contributed by atoms with Crippen molar-refractivity contribution in [2.75, 3.05) is 0 Å². The van der Waals surface area contributed by atoms with E-state index in [2.05, 4.69) is 31.4 Å². The van der Waals surface area contributed by atoms with E-state index >= 15 is 0 Å². The predicted octanol–water partition coefficient (Wildman–Crippen LogP) is 3.65. The first-order valence-corrected chi connectivity index (χ1v) is 7.99. The van der Waals surface area contributed by atoms with Crippen molar-refractivity contribution in [2.24, 2.45) is 5.16 Å². The van der Waals surface area contributed by atoms with Crippen molar-refractivity contribution in [3.8, 4) is 0 Å². The van der Waals surface area contributed by atoms with Crippen LogP contribution in [-0.2, 0) is 6.42 Å². The number of rotatable bonds is 5. The zero-order valence-corrected chi connectivity index (χ0v) is 13.2. The first-order chi connectivity index (χ1) is 10.2. The van der Waals surface area contributed by atoms with Crippen molar-refractivity contribution < 1.29 is 14.2 Å². The third-order valence-electron chi connectivity index (χ3n) is 3.01. The van der Waals surface area contributed by atoms with Crippen LogP contribution in [0.3, 0.4) is 0 Å². The highest BCUT2D eigenvalue weighted by Gasteiger charge is 2.28. The monoisotopic (exact) mass is 371 g/mol. The summed E-state index contributed by atoms with van der Waals surface area (Å²) in [5.74, 6) is -0.339. The molecule has 1 saturated carbocycles. The molecular weight excluding hydrogens is 361 g/mol. The average molecular weight is 372 g/mol. The largest absolute Gasteiger partial charge is 0.411 e. The molecule has 1 aromatic carbocycles. The van der Waals surface area contributed by atoms with Gasteiger partial charge in [-0.3, -0.25) is 0 Å². The average Bonchev–Trinajstić information content (AvgIpc) is 3.17. The summed E-state index contributed by atoms with van der Waals surface area (Å²) in [4.78, 5) is 0. The molecule has 0 atom stereocenters. The fourth-order valence-corrected chi connectivity index (χ4v) is 3.24. The van der Waals surface area contributed by atoms with Crippen molar-refractivity contribution >= 4 is 33.4 Å². The van der Waals surface area contributed by atoms with E-state index in [0.29, 0.717) is 32.6 Å². The molecule has 1 aromatic heterocycles. The minimum absolute atomic E-state index is 0.307. The zero-order chi connectivity index (χ0) is 14.8. The van der Waals surface area contributed by atoms with Crippen LogP contribution in [0.4, 0.5) is 4.39 Å². The summed E-state index contributed by atoms with van der Waals surface area (Å²) >= 11 is 4.71. The molecule has 0 aliphatic heterocycles. The van der Waals surface area contributed by atoms with Crippen molar-refractivity contribution in [1.29, 1.82) is 0 Å². The van der Waals surface area contributed by atoms with Gasteiger partial charge in [0.1, 0.15) is 11.5 Å². The van der Waals surface area contributed by atoms with Crippen LogP contribution >= 0.6 is 27.7 Å². The Kier molecular flexibility index (Phi) is 4.25. The summed E-state index contributed by atoms with van der Waals surface area (Å²) < 4.78 is 18.4. The van der Waals surface area contributed by atoms with Gasteiger partial charge < -0.3 is 5.21 Å². The summed E-state index contributed by atoms with van der Waals surface area (Å²) in [7, 11) is 0. The molecule has 1 heterocycles. The highest BCUT2D eigenvalue weighted by molar-refractivity contribution is 9.10. The number of benzene rings is 1. The van der Waals surface area contributed by atoms with E-state index in [4.69, 9.17) is 4.63 Å². The van der Waals surface area contributed by atoms with E-state index in [9.17, 15) is 9.60 Å². The molecule has 0 amide bonds. The lowest BCUT2D eigenvalue weighted by Crippen LogP contribution is -2.08. The summed E-state index contributed by atoms with van der Waals surface area (Å²) in [5, 5.41) is 21.4. The van der Waals surface area contributed by atoms with Gasteiger partial charge in [0.15, 0.2) is 10.7 Å². The maximum Gasteiger partial charge on any atom is 0.170 e. The van der Waals surface area contributed by atoms with Crippen molar-refractivity contribution in [3.05, 3.63) is 39.7 Å². The van der Waals surface area contributed by atoms with Crippen LogP contribution in [0.5, 0.6) is 0 Å². The second-order valence-electron chi connectivity index (χ2n) is 4.71. The van der Waals surface area contributed by atoms with Gasteiger partial charge in [0.2, 0.25) is 0 Å². The Morgan fingerprint density at radius 2 is 2.29 bits per heavy atom. The number of thioether (sulfide) groups is 1. The number of hydrogen-bond donors (Lipinski definition) is 1. The number of halogens is 2. The van der Waals surface area contributed by atoms with E-state index in [1.807, 2.05) is 0 Å². The van der Waals surface area contributed by atoms with Gasteiger partial charge in [-0.15, -0.1) is 0 Å². The standard InChI is InChI=1S/C13H11BrFN3O2S/c14-9-5-7(1-4-10(9)15)6-11(16-19)12-13(18-20-17-12)21-8-2-3-8/h1,4-5,8,19H,2-3,6H2. The molecule has 0 spiro atoms. The maximum absolute atomic E-state index is 13.2. The SMILES string of the molecule is ON=C(Cc1ccc(F)c(Br)c1)c1nonc1SC1CC1. The molecule has 2 aromatic rings. The van der Waals surface area contributed by atoms with E-state index in [0.717, 1.165) is 18.4 Å². The van der Waals surface area contributed by atoms with Crippen LogP contribution in [0.2, 0.25) is 0 Å². The minimum Gasteiger partial charge on any atom is -0.411 e. The third kappa shape index (κ3) is 3.44. The summed E-state index contributed by atoms with van der Waals surface area (Å²) in [6.07, 6.45) is 2.60. The van der Waals surface area contributed by atoms with Gasteiger partial charge in [-0.05, 0) is 56.8 Å². The summed E-state index contributed by atoms with van der Waals surface area (Å²) in [6, 6.07) is 4.63. The molecule has 0 bridgehead atoms. The lowest BCUT2D eigenvalue weighted by Gasteiger charge is -2.04. The van der Waals surface area contributed by atoms with E-state index in [1.54, 1.807) is 23.9 Å². The third-order valence-corrected chi connectivity index (χ3v) is 4.91. The lowest BCUT2D eigenvalue weighted by atomic mass is 10.1. The molecule has 1 aliphatic rings. The van der Waals surface area contributed by atoms with Gasteiger partial charge in [0.25, 0.3) is 0 Å². The van der Waals surface area contributed by atoms with Gasteiger partial charge in [-0.2, -0.15) is 0 Å². The Labute approximate surface area is 132 Å². The van der Waals surface area contributed by atoms with Gasteiger partial charge in [0.05, 0.1) is 4.47 Å². The molecule has 5 nitrogen and oxygen atoms in total. The van der Waals surface area contributed by atoms with Crippen LogP contribution < -0.4 is 0 Å². The Balaban J connectivity index is 1.81. The molecule has 1 fully saturated rings. The molecule has 0 unspecified atom stereocenters. The first-order valence-electron chi connectivity index (χ1n) is 6.32. The van der Waals surface area contributed by atoms with E-state index in [1.165, 1.54) is 6.07 Å². The van der Waals surface area contributed by atoms with Crippen LogP contribution in [0.15, 0.2) is 37.5 Å². The molecule has 110 valence electrons. The lowest BCUT2D eigenvalue weighted by molar-refractivity contribution is 0.296. The van der Waals surface area contributed by atoms with Crippen LogP contribution in [0.1, 0.15) is 24.1 Å². The minimum atomic E-state index is -0.339. The number of oxime groups is 1. The number of aromatic nitrogens is 2. The smallest absolute Gasteiger partial charge is 0.170 e. The Hall–Kier alpha value is -1.41. The molecule has 8 heteroatoms.